The molecule has 12 heteroatoms. The quantitative estimate of drug-likeness (QED) is 0.0600. The lowest BCUT2D eigenvalue weighted by molar-refractivity contribution is -0.433. The molecule has 10 nitrogen and oxygen atoms in total. The Bertz CT molecular complexity index is 2160. The minimum Gasteiger partial charge on any atom is -0.356 e. The maximum absolute atomic E-state index is 12.6. The zero-order valence-corrected chi connectivity index (χ0v) is 32.9. The standard InChI is InChI=1S/C41H51N3O7S2/c1-6-43-35-20-18-31(52(46,47)48)25-33(35)40(2,3)37(43)13-9-7-10-14-38-41(4,5)34-26-32(53(49,50)51)19-21-36(34)44(38)22-12-8-11-15-39(45)42-27-30-24-28-16-17-29(30)23-28/h7,9-10,13-14,16-21,25-26,28-30H,6,8,11-12,15,22-24,27H2,1-5H3,(H2-,42,45,46,47,48,49,50,51)/p+1/t28?,29-,30-/m0/s1. The first kappa shape index (κ1) is 38.9. The Morgan fingerprint density at radius 2 is 1.58 bits per heavy atom. The zero-order chi connectivity index (χ0) is 38.3. The first-order chi connectivity index (χ1) is 24.9. The van der Waals surface area contributed by atoms with Crippen molar-refractivity contribution in [3.05, 3.63) is 95.8 Å². The molecule has 3 atom stereocenters. The number of fused-ring (bicyclic) bond motifs is 4. The van der Waals surface area contributed by atoms with Crippen LogP contribution in [-0.2, 0) is 35.9 Å². The van der Waals surface area contributed by atoms with Crippen LogP contribution in [0.15, 0.2) is 94.4 Å². The number of unbranched alkanes of at least 4 members (excludes halogenated alkanes) is 2. The van der Waals surface area contributed by atoms with Crippen LogP contribution in [0.3, 0.4) is 0 Å². The van der Waals surface area contributed by atoms with E-state index in [9.17, 15) is 30.7 Å². The van der Waals surface area contributed by atoms with Gasteiger partial charge in [-0.2, -0.15) is 21.4 Å². The Labute approximate surface area is 314 Å². The predicted octanol–water partition coefficient (Wildman–Crippen LogP) is 7.26. The fourth-order valence-electron chi connectivity index (χ4n) is 8.76. The third-order valence-electron chi connectivity index (χ3n) is 11.6. The lowest BCUT2D eigenvalue weighted by atomic mass is 9.81. The van der Waals surface area contributed by atoms with Crippen LogP contribution in [0.1, 0.15) is 84.3 Å². The van der Waals surface area contributed by atoms with Crippen molar-refractivity contribution < 1.29 is 35.3 Å². The monoisotopic (exact) mass is 762 g/mol. The molecule has 0 saturated heterocycles. The normalized spacial score (nSPS) is 23.6. The zero-order valence-electron chi connectivity index (χ0n) is 31.2. The van der Waals surface area contributed by atoms with E-state index in [1.807, 2.05) is 65.0 Å². The van der Waals surface area contributed by atoms with E-state index in [0.29, 0.717) is 37.3 Å². The second-order valence-electron chi connectivity index (χ2n) is 15.8. The molecule has 0 aromatic heterocycles. The summed E-state index contributed by atoms with van der Waals surface area (Å²) < 4.78 is 69.5. The van der Waals surface area contributed by atoms with Gasteiger partial charge in [-0.1, -0.05) is 50.6 Å². The summed E-state index contributed by atoms with van der Waals surface area (Å²) in [6.07, 6.45) is 19.9. The molecule has 2 bridgehead atoms. The van der Waals surface area contributed by atoms with E-state index in [4.69, 9.17) is 0 Å². The van der Waals surface area contributed by atoms with Gasteiger partial charge in [-0.15, -0.1) is 0 Å². The highest BCUT2D eigenvalue weighted by atomic mass is 32.2. The molecule has 0 radical (unpaired) electrons. The Morgan fingerprint density at radius 1 is 0.887 bits per heavy atom. The maximum Gasteiger partial charge on any atom is 0.294 e. The van der Waals surface area contributed by atoms with Crippen LogP contribution in [0.5, 0.6) is 0 Å². The van der Waals surface area contributed by atoms with Crippen molar-refractivity contribution in [1.82, 2.24) is 5.32 Å². The van der Waals surface area contributed by atoms with Crippen LogP contribution in [0.4, 0.5) is 11.4 Å². The molecule has 2 aliphatic carbocycles. The van der Waals surface area contributed by atoms with Gasteiger partial charge in [0.05, 0.1) is 15.2 Å². The summed E-state index contributed by atoms with van der Waals surface area (Å²) in [6.45, 7) is 12.3. The van der Waals surface area contributed by atoms with Gasteiger partial charge in [0.2, 0.25) is 11.6 Å². The van der Waals surface area contributed by atoms with Gasteiger partial charge in [-0.3, -0.25) is 13.9 Å². The van der Waals surface area contributed by atoms with E-state index in [0.717, 1.165) is 59.7 Å². The lowest BCUT2D eigenvalue weighted by Crippen LogP contribution is -2.30. The number of carbonyl (C=O) groups is 1. The Kier molecular flexibility index (Phi) is 10.8. The Morgan fingerprint density at radius 3 is 2.23 bits per heavy atom. The molecule has 2 heterocycles. The number of allylic oxidation sites excluding steroid dienone is 8. The molecular formula is C41H52N3O7S2+. The Balaban J connectivity index is 1.15. The number of benzene rings is 2. The number of hydrogen-bond acceptors (Lipinski definition) is 6. The molecule has 2 aliphatic heterocycles. The highest BCUT2D eigenvalue weighted by molar-refractivity contribution is 7.86. The second-order valence-corrected chi connectivity index (χ2v) is 18.6. The number of nitrogens with one attached hydrogen (secondary N) is 1. The molecule has 3 N–H and O–H groups in total. The van der Waals surface area contributed by atoms with Crippen molar-refractivity contribution in [3.8, 4) is 0 Å². The van der Waals surface area contributed by atoms with Gasteiger partial charge in [0, 0.05) is 54.0 Å². The summed E-state index contributed by atoms with van der Waals surface area (Å²) in [5.41, 5.74) is 4.31. The van der Waals surface area contributed by atoms with Crippen LogP contribution >= 0.6 is 0 Å². The summed E-state index contributed by atoms with van der Waals surface area (Å²) in [5.74, 6) is 1.97. The van der Waals surface area contributed by atoms with Gasteiger partial charge in [0.15, 0.2) is 5.71 Å². The van der Waals surface area contributed by atoms with E-state index in [2.05, 4.69) is 26.9 Å². The number of anilines is 1. The van der Waals surface area contributed by atoms with E-state index in [1.54, 1.807) is 24.3 Å². The van der Waals surface area contributed by atoms with Crippen molar-refractivity contribution >= 4 is 43.2 Å². The minimum atomic E-state index is -4.38. The first-order valence-corrected chi connectivity index (χ1v) is 21.5. The number of carbonyl (C=O) groups excluding carboxylic acids is 1. The number of nitrogens with zero attached hydrogens (tertiary/aromatic N) is 2. The molecule has 1 fully saturated rings. The molecule has 2 aromatic carbocycles. The van der Waals surface area contributed by atoms with Crippen LogP contribution in [-0.4, -0.2) is 61.8 Å². The van der Waals surface area contributed by atoms with Gasteiger partial charge in [0.25, 0.3) is 20.2 Å². The smallest absolute Gasteiger partial charge is 0.294 e. The van der Waals surface area contributed by atoms with Gasteiger partial charge in [-0.05, 0) is 106 Å². The summed E-state index contributed by atoms with van der Waals surface area (Å²) in [7, 11) is -8.72. The van der Waals surface area contributed by atoms with Gasteiger partial charge < -0.3 is 10.2 Å². The highest BCUT2D eigenvalue weighted by Gasteiger charge is 2.44. The number of amides is 1. The first-order valence-electron chi connectivity index (χ1n) is 18.6. The fourth-order valence-corrected chi connectivity index (χ4v) is 9.78. The van der Waals surface area contributed by atoms with E-state index in [1.165, 1.54) is 25.0 Å². The van der Waals surface area contributed by atoms with Crippen molar-refractivity contribution in [2.24, 2.45) is 17.8 Å². The molecule has 284 valence electrons. The molecule has 1 saturated carbocycles. The highest BCUT2D eigenvalue weighted by Crippen LogP contribution is 2.49. The minimum absolute atomic E-state index is 0.105. The van der Waals surface area contributed by atoms with Crippen LogP contribution in [0, 0.1) is 17.8 Å². The van der Waals surface area contributed by atoms with E-state index < -0.39 is 31.1 Å². The van der Waals surface area contributed by atoms with E-state index in [-0.39, 0.29) is 15.7 Å². The molecule has 6 rings (SSSR count). The molecule has 4 aliphatic rings. The topological polar surface area (TPSA) is 144 Å². The van der Waals surface area contributed by atoms with Gasteiger partial charge >= 0.3 is 0 Å². The van der Waals surface area contributed by atoms with Crippen molar-refractivity contribution in [2.75, 3.05) is 24.5 Å². The summed E-state index contributed by atoms with van der Waals surface area (Å²) in [4.78, 5) is 14.5. The van der Waals surface area contributed by atoms with Crippen molar-refractivity contribution in [3.63, 3.8) is 0 Å². The van der Waals surface area contributed by atoms with Gasteiger partial charge in [-0.25, -0.2) is 0 Å². The average molecular weight is 763 g/mol. The molecule has 2 aromatic rings. The third-order valence-corrected chi connectivity index (χ3v) is 13.3. The maximum atomic E-state index is 12.6. The van der Waals surface area contributed by atoms with Crippen LogP contribution in [0.25, 0.3) is 0 Å². The summed E-state index contributed by atoms with van der Waals surface area (Å²) >= 11 is 0. The summed E-state index contributed by atoms with van der Waals surface area (Å²) in [5, 5.41) is 3.15. The van der Waals surface area contributed by atoms with Gasteiger partial charge in [0.1, 0.15) is 6.54 Å². The van der Waals surface area contributed by atoms with Crippen molar-refractivity contribution in [1.29, 1.82) is 0 Å². The molecule has 1 amide bonds. The summed E-state index contributed by atoms with van der Waals surface area (Å²) in [6, 6.07) is 9.45. The van der Waals surface area contributed by atoms with E-state index >= 15 is 0 Å². The fraction of sp³-hybridized carbons (Fsp3) is 0.463. The van der Waals surface area contributed by atoms with Crippen LogP contribution in [0.2, 0.25) is 0 Å². The second kappa shape index (κ2) is 14.8. The lowest BCUT2D eigenvalue weighted by Gasteiger charge is -2.27. The molecule has 53 heavy (non-hydrogen) atoms. The largest absolute Gasteiger partial charge is 0.356 e. The average Bonchev–Trinajstić information content (AvgIpc) is 3.82. The predicted molar refractivity (Wildman–Crippen MR) is 208 cm³/mol. The van der Waals surface area contributed by atoms with Crippen molar-refractivity contribution in [2.45, 2.75) is 93.8 Å². The number of rotatable bonds is 14. The SMILES string of the molecule is CC[N+]1=C(/C=C/C=C/C=C2/N(CCCCCC(=O)NC[C@@H]3CC4C=C[C@H]3C4)c3ccc(S(=O)(=O)O)cc3C2(C)C)C(C)(C)c2cc(S(=O)(=O)O)ccc21. The molecular weight excluding hydrogens is 711 g/mol. The number of hydrogen-bond donors (Lipinski definition) is 3. The van der Waals surface area contributed by atoms with Crippen LogP contribution < -0.4 is 10.2 Å². The molecule has 1 unspecified atom stereocenters. The third kappa shape index (κ3) is 7.87. The molecule has 0 spiro atoms. The Hall–Kier alpha value is -3.84.